The Balaban J connectivity index is 2.00. The number of hydrogen-bond donors (Lipinski definition) is 0. The zero-order valence-corrected chi connectivity index (χ0v) is 19.3. The predicted molar refractivity (Wildman–Crippen MR) is 121 cm³/mol. The van der Waals surface area contributed by atoms with E-state index in [4.69, 9.17) is 9.47 Å². The summed E-state index contributed by atoms with van der Waals surface area (Å²) in [5, 5.41) is 0.805. The van der Waals surface area contributed by atoms with E-state index >= 15 is 0 Å². The Kier molecular flexibility index (Phi) is 5.79. The molecule has 7 heteroatoms. The largest absolute Gasteiger partial charge is 0.493 e. The molecule has 3 aromatic rings. The maximum absolute atomic E-state index is 13.7. The molecule has 0 saturated carbocycles. The summed E-state index contributed by atoms with van der Waals surface area (Å²) in [6.45, 7) is 5.78. The van der Waals surface area contributed by atoms with E-state index in [-0.39, 0.29) is 9.79 Å². The van der Waals surface area contributed by atoms with E-state index in [0.29, 0.717) is 17.4 Å². The molecule has 0 amide bonds. The Morgan fingerprint density at radius 2 is 1.74 bits per heavy atom. The van der Waals surface area contributed by atoms with Crippen LogP contribution in [-0.4, -0.2) is 35.7 Å². The van der Waals surface area contributed by atoms with Crippen molar-refractivity contribution in [2.24, 2.45) is 5.92 Å². The fourth-order valence-electron chi connectivity index (χ4n) is 4.31. The second kappa shape index (κ2) is 8.38. The second-order valence-corrected chi connectivity index (χ2v) is 10.2. The average Bonchev–Trinajstić information content (AvgIpc) is 2.77. The van der Waals surface area contributed by atoms with Crippen molar-refractivity contribution in [3.05, 3.63) is 48.2 Å². The molecule has 6 nitrogen and oxygen atoms in total. The van der Waals surface area contributed by atoms with Crippen molar-refractivity contribution in [2.45, 2.75) is 36.5 Å². The van der Waals surface area contributed by atoms with Crippen LogP contribution in [0.25, 0.3) is 10.9 Å². The molecule has 1 atom stereocenters. The van der Waals surface area contributed by atoms with E-state index < -0.39 is 9.84 Å². The number of H-pyrrole nitrogens is 1. The molecule has 1 aromatic heterocycles. The molecule has 0 bridgehead atoms. The van der Waals surface area contributed by atoms with E-state index in [1.165, 1.54) is 0 Å². The van der Waals surface area contributed by atoms with Crippen LogP contribution in [0.2, 0.25) is 0 Å². The number of piperidine rings is 1. The van der Waals surface area contributed by atoms with Gasteiger partial charge in [-0.05, 0) is 37.8 Å². The third-order valence-corrected chi connectivity index (χ3v) is 7.75. The highest BCUT2D eigenvalue weighted by Crippen LogP contribution is 2.40. The number of ether oxygens (including phenoxy) is 2. The van der Waals surface area contributed by atoms with Gasteiger partial charge in [0.25, 0.3) is 0 Å². The summed E-state index contributed by atoms with van der Waals surface area (Å²) in [7, 11) is -0.548. The van der Waals surface area contributed by atoms with Crippen molar-refractivity contribution in [1.29, 1.82) is 0 Å². The number of nitrogens with one attached hydrogen (secondary N) is 1. The first-order valence-corrected chi connectivity index (χ1v) is 12.0. The van der Waals surface area contributed by atoms with Crippen LogP contribution in [0.5, 0.6) is 11.5 Å². The molecular weight excluding hydrogens is 412 g/mol. The van der Waals surface area contributed by atoms with Crippen LogP contribution in [0.4, 0.5) is 5.69 Å². The lowest BCUT2D eigenvalue weighted by Gasteiger charge is -2.34. The number of pyridine rings is 1. The number of sulfone groups is 1. The predicted octanol–water partition coefficient (Wildman–Crippen LogP) is 4.05. The third kappa shape index (κ3) is 3.94. The van der Waals surface area contributed by atoms with Gasteiger partial charge in [0.15, 0.2) is 22.6 Å². The van der Waals surface area contributed by atoms with Crippen LogP contribution >= 0.6 is 0 Å². The fraction of sp³-hybridized carbons (Fsp3) is 0.375. The molecule has 1 fully saturated rings. The van der Waals surface area contributed by atoms with Gasteiger partial charge >= 0.3 is 0 Å². The molecule has 2 heterocycles. The number of rotatable bonds is 5. The van der Waals surface area contributed by atoms with Crippen LogP contribution in [-0.2, 0) is 9.84 Å². The van der Waals surface area contributed by atoms with Crippen LogP contribution in [0.3, 0.4) is 0 Å². The topological polar surface area (TPSA) is 70.0 Å². The lowest BCUT2D eigenvalue weighted by molar-refractivity contribution is -0.347. The van der Waals surface area contributed by atoms with E-state index in [1.807, 2.05) is 31.2 Å². The lowest BCUT2D eigenvalue weighted by atomic mass is 9.99. The molecule has 1 aliphatic rings. The lowest BCUT2D eigenvalue weighted by Crippen LogP contribution is -2.36. The van der Waals surface area contributed by atoms with Crippen molar-refractivity contribution in [3.8, 4) is 11.5 Å². The van der Waals surface area contributed by atoms with Gasteiger partial charge in [-0.2, -0.15) is 0 Å². The molecule has 4 rings (SSSR count). The Hall–Kier alpha value is -2.80. The summed E-state index contributed by atoms with van der Waals surface area (Å²) in [5.74, 6) is 1.65. The standard InChI is InChI=1S/C24H28N2O4S/c1-16-7-9-18(10-8-16)31(27,28)23-14-25-20-13-22(30-4)21(29-3)12-19(20)24(23)26-11-5-6-17(2)15-26/h7-10,12-14,17H,5-6,11,15H2,1-4H3/p+1/t17-/m0/s1. The summed E-state index contributed by atoms with van der Waals surface area (Å²) in [4.78, 5) is 5.96. The maximum Gasteiger partial charge on any atom is 0.217 e. The minimum Gasteiger partial charge on any atom is -0.493 e. The fourth-order valence-corrected chi connectivity index (χ4v) is 5.76. The van der Waals surface area contributed by atoms with Crippen molar-refractivity contribution < 1.29 is 22.9 Å². The Labute approximate surface area is 183 Å². The summed E-state index contributed by atoms with van der Waals surface area (Å²) in [6.07, 6.45) is 3.78. The first kappa shape index (κ1) is 21.4. The van der Waals surface area contributed by atoms with Crippen molar-refractivity contribution in [3.63, 3.8) is 0 Å². The minimum absolute atomic E-state index is 0.283. The molecule has 1 N–H and O–H groups in total. The van der Waals surface area contributed by atoms with Gasteiger partial charge in [-0.15, -0.1) is 0 Å². The van der Waals surface area contributed by atoms with Crippen LogP contribution in [0, 0.1) is 12.8 Å². The highest BCUT2D eigenvalue weighted by molar-refractivity contribution is 7.91. The van der Waals surface area contributed by atoms with E-state index in [1.54, 1.807) is 32.5 Å². The number of aryl methyl sites for hydroxylation is 1. The average molecular weight is 442 g/mol. The Morgan fingerprint density at radius 1 is 1.06 bits per heavy atom. The number of fused-ring (bicyclic) bond motifs is 1. The quantitative estimate of drug-likeness (QED) is 0.597. The Bertz CT molecular complexity index is 1210. The molecule has 164 valence electrons. The first-order valence-electron chi connectivity index (χ1n) is 10.5. The van der Waals surface area contributed by atoms with Crippen LogP contribution < -0.4 is 19.4 Å². The van der Waals surface area contributed by atoms with Crippen LogP contribution in [0.1, 0.15) is 25.3 Å². The van der Waals surface area contributed by atoms with E-state index in [9.17, 15) is 8.42 Å². The minimum atomic E-state index is -3.72. The summed E-state index contributed by atoms with van der Waals surface area (Å²) < 4.78 is 38.4. The normalized spacial score (nSPS) is 17.0. The number of anilines is 1. The highest BCUT2D eigenvalue weighted by atomic mass is 32.2. The first-order chi connectivity index (χ1) is 14.8. The maximum atomic E-state index is 13.7. The SMILES string of the molecule is COc1cc2[nH+]cc(S(=O)(=O)c3ccc(C)cc3)c(N3CCC[C@H](C)C3)c2cc1OC. The highest BCUT2D eigenvalue weighted by Gasteiger charge is 2.31. The zero-order chi connectivity index (χ0) is 22.2. The summed E-state index contributed by atoms with van der Waals surface area (Å²) in [6, 6.07) is 10.7. The molecule has 0 radical (unpaired) electrons. The molecule has 1 saturated heterocycles. The van der Waals surface area contributed by atoms with Crippen molar-refractivity contribution >= 4 is 26.4 Å². The second-order valence-electron chi connectivity index (χ2n) is 8.26. The van der Waals surface area contributed by atoms with Gasteiger partial charge in [0.2, 0.25) is 15.4 Å². The van der Waals surface area contributed by atoms with Gasteiger partial charge in [-0.3, -0.25) is 0 Å². The summed E-state index contributed by atoms with van der Waals surface area (Å²) >= 11 is 0. The number of benzene rings is 2. The number of aromatic nitrogens is 1. The molecular formula is C24H29N2O4S+. The van der Waals surface area contributed by atoms with Crippen molar-refractivity contribution in [2.75, 3.05) is 32.2 Å². The number of nitrogens with zero attached hydrogens (tertiary/aromatic N) is 1. The van der Waals surface area contributed by atoms with Gasteiger partial charge in [0.1, 0.15) is 0 Å². The molecule has 0 unspecified atom stereocenters. The van der Waals surface area contributed by atoms with Gasteiger partial charge < -0.3 is 14.4 Å². The van der Waals surface area contributed by atoms with Gasteiger partial charge in [0.05, 0.1) is 36.3 Å². The van der Waals surface area contributed by atoms with Gasteiger partial charge in [-0.1, -0.05) is 24.6 Å². The molecule has 1 aliphatic heterocycles. The van der Waals surface area contributed by atoms with Crippen molar-refractivity contribution in [1.82, 2.24) is 0 Å². The molecule has 2 aromatic carbocycles. The molecule has 31 heavy (non-hydrogen) atoms. The Morgan fingerprint density at radius 3 is 2.39 bits per heavy atom. The third-order valence-electron chi connectivity index (χ3n) is 5.97. The van der Waals surface area contributed by atoms with E-state index in [0.717, 1.165) is 48.1 Å². The number of hydrogen-bond acceptors (Lipinski definition) is 5. The summed E-state index contributed by atoms with van der Waals surface area (Å²) in [5.41, 5.74) is 2.54. The van der Waals surface area contributed by atoms with Gasteiger partial charge in [-0.25, -0.2) is 13.4 Å². The van der Waals surface area contributed by atoms with E-state index in [2.05, 4.69) is 16.8 Å². The monoisotopic (exact) mass is 441 g/mol. The smallest absolute Gasteiger partial charge is 0.217 e. The zero-order valence-electron chi connectivity index (χ0n) is 18.4. The number of aromatic amines is 1. The molecule has 0 aliphatic carbocycles. The van der Waals surface area contributed by atoms with Crippen LogP contribution in [0.15, 0.2) is 52.4 Å². The number of methoxy groups -OCH3 is 2. The molecule has 0 spiro atoms. The van der Waals surface area contributed by atoms with Gasteiger partial charge in [0, 0.05) is 19.2 Å².